The molecule has 0 aliphatic heterocycles. The fourth-order valence-electron chi connectivity index (χ4n) is 6.69. The topological polar surface area (TPSA) is 480 Å². The van der Waals surface area contributed by atoms with Gasteiger partial charge in [0, 0.05) is 62.3 Å². The molecule has 29 nitrogen and oxygen atoms in total. The first-order chi connectivity index (χ1) is 38.6. The van der Waals surface area contributed by atoms with Crippen molar-refractivity contribution >= 4 is 89.0 Å². The SMILES string of the molecule is CCC(O)COCCCCOCC(O)CSCC(C(=O)O)C(CC(=O)O)CC(=O)O.CCC(O)COCCCCOCC(O)CSCCC(C(=O)O)N(CC(=O)O)CC(=O)O.CCC(O)CSCCC(C(=O)O)N(CC(=O)O)CC(=O)O. The summed E-state index contributed by atoms with van der Waals surface area (Å²) in [5.74, 6) is -12.0. The van der Waals surface area contributed by atoms with E-state index in [0.717, 1.165) is 47.2 Å². The van der Waals surface area contributed by atoms with Crippen LogP contribution in [0.4, 0.5) is 0 Å². The molecule has 0 aromatic carbocycles. The Labute approximate surface area is 490 Å². The van der Waals surface area contributed by atoms with Crippen molar-refractivity contribution in [2.24, 2.45) is 11.8 Å². The quantitative estimate of drug-likeness (QED) is 0.0373. The fraction of sp³-hybridized carbons (Fsp3) is 0.820. The molecule has 0 saturated carbocycles. The van der Waals surface area contributed by atoms with Crippen molar-refractivity contribution < 1.29 is 134 Å². The zero-order valence-corrected chi connectivity index (χ0v) is 49.3. The molecular weight excluding hydrogens is 1160 g/mol. The van der Waals surface area contributed by atoms with Crippen LogP contribution in [0.15, 0.2) is 0 Å². The van der Waals surface area contributed by atoms with Crippen molar-refractivity contribution in [3.05, 3.63) is 0 Å². The lowest BCUT2D eigenvalue weighted by Gasteiger charge is -2.25. The molecule has 0 radical (unpaired) electrons. The van der Waals surface area contributed by atoms with Gasteiger partial charge >= 0.3 is 53.7 Å². The summed E-state index contributed by atoms with van der Waals surface area (Å²) in [5.41, 5.74) is 0. The Bertz CT molecular complexity index is 1730. The van der Waals surface area contributed by atoms with E-state index in [0.29, 0.717) is 81.9 Å². The third-order valence-corrected chi connectivity index (χ3v) is 14.7. The van der Waals surface area contributed by atoms with E-state index in [1.165, 1.54) is 23.5 Å². The third kappa shape index (κ3) is 50.4. The largest absolute Gasteiger partial charge is 0.481 e. The lowest BCUT2D eigenvalue weighted by molar-refractivity contribution is -0.152. The highest BCUT2D eigenvalue weighted by molar-refractivity contribution is 7.99. The minimum absolute atomic E-state index is 0.00142. The Morgan fingerprint density at radius 2 is 0.671 bits per heavy atom. The van der Waals surface area contributed by atoms with Gasteiger partial charge in [0.1, 0.15) is 12.1 Å². The van der Waals surface area contributed by atoms with Gasteiger partial charge in [-0.15, -0.1) is 0 Å². The average Bonchev–Trinajstić information content (AvgIpc) is 3.38. The molecular formula is C50H90N2O27S3. The molecule has 0 fully saturated rings. The Kier molecular flexibility index (Phi) is 52.4. The smallest absolute Gasteiger partial charge is 0.320 e. The predicted molar refractivity (Wildman–Crippen MR) is 300 cm³/mol. The second-order valence-electron chi connectivity index (χ2n) is 18.5. The first-order valence-electron chi connectivity index (χ1n) is 26.5. The maximum absolute atomic E-state index is 11.4. The van der Waals surface area contributed by atoms with Crippen LogP contribution in [0.5, 0.6) is 0 Å². The van der Waals surface area contributed by atoms with E-state index in [1.54, 1.807) is 0 Å². The third-order valence-electron chi connectivity index (χ3n) is 11.2. The summed E-state index contributed by atoms with van der Waals surface area (Å²) < 4.78 is 21.3. The van der Waals surface area contributed by atoms with Crippen LogP contribution in [0.2, 0.25) is 0 Å². The maximum Gasteiger partial charge on any atom is 0.320 e. The van der Waals surface area contributed by atoms with E-state index in [4.69, 9.17) is 54.7 Å². The molecule has 0 aromatic heterocycles. The lowest BCUT2D eigenvalue weighted by Crippen LogP contribution is -2.46. The van der Waals surface area contributed by atoms with Gasteiger partial charge in [-0.2, -0.15) is 35.3 Å². The molecule has 8 unspecified atom stereocenters. The molecule has 0 aromatic rings. The Morgan fingerprint density at radius 1 is 0.378 bits per heavy atom. The van der Waals surface area contributed by atoms with Crippen LogP contribution in [-0.2, 0) is 62.1 Å². The molecule has 32 heteroatoms. The second kappa shape index (κ2) is 52.4. The molecule has 480 valence electrons. The number of hydrogen-bond acceptors (Lipinski definition) is 23. The van der Waals surface area contributed by atoms with Gasteiger partial charge in [-0.05, 0) is 75.2 Å². The summed E-state index contributed by atoms with van der Waals surface area (Å²) in [6.07, 6.45) is 1.07. The minimum Gasteiger partial charge on any atom is -0.481 e. The van der Waals surface area contributed by atoms with Crippen molar-refractivity contribution in [2.75, 3.05) is 114 Å². The van der Waals surface area contributed by atoms with Crippen molar-refractivity contribution in [1.29, 1.82) is 0 Å². The Morgan fingerprint density at radius 3 is 0.939 bits per heavy atom. The number of carboxylic acid groups (broad SMARTS) is 9. The Hall–Kier alpha value is -4.16. The molecule has 8 atom stereocenters. The van der Waals surface area contributed by atoms with E-state index in [-0.39, 0.29) is 37.6 Å². The summed E-state index contributed by atoms with van der Waals surface area (Å²) in [6.45, 7) is 5.69. The van der Waals surface area contributed by atoms with E-state index in [2.05, 4.69) is 0 Å². The number of ether oxygens (including phenoxy) is 4. The number of carboxylic acids is 9. The second-order valence-corrected chi connectivity index (χ2v) is 21.8. The van der Waals surface area contributed by atoms with Crippen LogP contribution in [0.1, 0.15) is 91.4 Å². The number of hydrogen-bond donors (Lipinski definition) is 14. The molecule has 0 rings (SSSR count). The van der Waals surface area contributed by atoms with Crippen LogP contribution in [0, 0.1) is 11.8 Å². The van der Waals surface area contributed by atoms with Crippen molar-refractivity contribution in [2.45, 2.75) is 134 Å². The zero-order valence-electron chi connectivity index (χ0n) is 46.9. The zero-order chi connectivity index (χ0) is 63.0. The van der Waals surface area contributed by atoms with Crippen LogP contribution >= 0.6 is 35.3 Å². The van der Waals surface area contributed by atoms with Crippen molar-refractivity contribution in [3.63, 3.8) is 0 Å². The number of thioether (sulfide) groups is 3. The van der Waals surface area contributed by atoms with Crippen LogP contribution in [0.3, 0.4) is 0 Å². The normalized spacial score (nSPS) is 14.2. The number of rotatable bonds is 53. The average molecular weight is 1250 g/mol. The minimum atomic E-state index is -1.31. The summed E-state index contributed by atoms with van der Waals surface area (Å²) in [4.78, 5) is 101. The number of aliphatic hydroxyl groups is 5. The fourth-order valence-corrected chi connectivity index (χ4v) is 9.85. The van der Waals surface area contributed by atoms with E-state index in [1.807, 2.05) is 20.8 Å². The summed E-state index contributed by atoms with van der Waals surface area (Å²) in [6, 6.07) is -2.42. The van der Waals surface area contributed by atoms with Crippen LogP contribution in [-0.4, -0.2) is 291 Å². The lowest BCUT2D eigenvalue weighted by atomic mass is 9.88. The first kappa shape index (κ1) is 82.1. The first-order valence-corrected chi connectivity index (χ1v) is 30.0. The van der Waals surface area contributed by atoms with Crippen LogP contribution < -0.4 is 0 Å². The van der Waals surface area contributed by atoms with E-state index in [9.17, 15) is 78.9 Å². The molecule has 0 saturated heterocycles. The maximum atomic E-state index is 11.4. The van der Waals surface area contributed by atoms with Gasteiger partial charge in [-0.25, -0.2) is 0 Å². The molecule has 82 heavy (non-hydrogen) atoms. The molecule has 0 bridgehead atoms. The molecule has 0 aliphatic carbocycles. The van der Waals surface area contributed by atoms with Gasteiger partial charge in [-0.3, -0.25) is 53.0 Å². The summed E-state index contributed by atoms with van der Waals surface area (Å²) >= 11 is 3.75. The number of nitrogens with zero attached hydrogens (tertiary/aromatic N) is 2. The van der Waals surface area contributed by atoms with Gasteiger partial charge in [0.15, 0.2) is 0 Å². The number of unbranched alkanes of at least 4 members (excludes halogenated alkanes) is 2. The van der Waals surface area contributed by atoms with E-state index >= 15 is 0 Å². The molecule has 0 spiro atoms. The van der Waals surface area contributed by atoms with Crippen molar-refractivity contribution in [1.82, 2.24) is 9.80 Å². The van der Waals surface area contributed by atoms with Crippen molar-refractivity contribution in [3.8, 4) is 0 Å². The monoisotopic (exact) mass is 1250 g/mol. The van der Waals surface area contributed by atoms with Gasteiger partial charge in [-0.1, -0.05) is 20.8 Å². The molecule has 0 aliphatic rings. The van der Waals surface area contributed by atoms with E-state index < -0.39 is 147 Å². The number of carbonyl (C=O) groups is 9. The van der Waals surface area contributed by atoms with Gasteiger partial charge in [0.05, 0.1) is 89.0 Å². The van der Waals surface area contributed by atoms with Gasteiger partial charge in [0.2, 0.25) is 0 Å². The number of aliphatic hydroxyl groups excluding tert-OH is 5. The molecule has 0 amide bonds. The number of aliphatic carboxylic acids is 9. The van der Waals surface area contributed by atoms with Gasteiger partial charge in [0.25, 0.3) is 0 Å². The van der Waals surface area contributed by atoms with Gasteiger partial charge < -0.3 is 90.4 Å². The standard InChI is InChI=1S/C19H35NO10S.C19H34O10S.C12H21NO7S/c1-2-14(21)11-29-6-3-4-7-30-12-15(22)13-31-8-5-16(19(27)28)20(9-17(23)24)10-18(25)26;1-2-14(20)9-28-5-3-4-6-29-10-15(21)11-30-12-16(19(26)27)13(7-17(22)23)8-18(24)25;1-2-8(14)7-21-4-3-9(12(19)20)13(5-10(15)16)6-11(17)18/h14-16,21-22H,2-13H2,1H3,(H,23,24)(H,25,26)(H,27,28);13-16,20-21H,2-12H2,1H3,(H,22,23)(H,24,25)(H,26,27);8-9,14H,2-7H2,1H3,(H,15,16)(H,17,18)(H,19,20). The highest BCUT2D eigenvalue weighted by Crippen LogP contribution is 2.25. The molecule has 14 N–H and O–H groups in total. The Balaban J connectivity index is -0.00000116. The summed E-state index contributed by atoms with van der Waals surface area (Å²) in [5, 5.41) is 129. The highest BCUT2D eigenvalue weighted by atomic mass is 32.2. The van der Waals surface area contributed by atoms with Crippen LogP contribution in [0.25, 0.3) is 0 Å². The predicted octanol–water partition coefficient (Wildman–Crippen LogP) is 0.715. The summed E-state index contributed by atoms with van der Waals surface area (Å²) in [7, 11) is 0. The highest BCUT2D eigenvalue weighted by Gasteiger charge is 2.33. The molecule has 0 heterocycles.